The summed E-state index contributed by atoms with van der Waals surface area (Å²) in [6.07, 6.45) is 3.96. The van der Waals surface area contributed by atoms with Gasteiger partial charge in [0.25, 0.3) is 0 Å². The van der Waals surface area contributed by atoms with Crippen LogP contribution in [0.4, 0.5) is 0 Å². The summed E-state index contributed by atoms with van der Waals surface area (Å²) >= 11 is 0. The number of benzene rings is 2. The number of nitrogens with zero attached hydrogens (tertiary/aromatic N) is 1. The molecule has 0 atom stereocenters. The highest BCUT2D eigenvalue weighted by Gasteiger charge is 2.30. The van der Waals surface area contributed by atoms with E-state index < -0.39 is 10.0 Å². The molecule has 0 saturated carbocycles. The van der Waals surface area contributed by atoms with Crippen molar-refractivity contribution in [2.75, 3.05) is 27.3 Å². The van der Waals surface area contributed by atoms with Crippen molar-refractivity contribution in [3.05, 3.63) is 54.1 Å². The Balaban J connectivity index is 1.61. The molecule has 1 aliphatic heterocycles. The summed E-state index contributed by atoms with van der Waals surface area (Å²) in [5.74, 6) is 1.52. The van der Waals surface area contributed by atoms with Crippen molar-refractivity contribution in [2.45, 2.75) is 30.6 Å². The van der Waals surface area contributed by atoms with Crippen LogP contribution in [0.5, 0.6) is 11.5 Å². The monoisotopic (exact) mass is 389 g/mol. The highest BCUT2D eigenvalue weighted by Crippen LogP contribution is 2.32. The lowest BCUT2D eigenvalue weighted by Crippen LogP contribution is -2.38. The molecule has 1 heterocycles. The zero-order chi connectivity index (χ0) is 19.3. The van der Waals surface area contributed by atoms with Gasteiger partial charge in [-0.25, -0.2) is 8.42 Å². The lowest BCUT2D eigenvalue weighted by atomic mass is 9.91. The largest absolute Gasteiger partial charge is 0.493 e. The Morgan fingerprint density at radius 2 is 1.63 bits per heavy atom. The Morgan fingerprint density at radius 1 is 0.963 bits per heavy atom. The third-order valence-corrected chi connectivity index (χ3v) is 7.15. The van der Waals surface area contributed by atoms with E-state index >= 15 is 0 Å². The molecule has 1 fully saturated rings. The number of aryl methyl sites for hydroxylation is 1. The van der Waals surface area contributed by atoms with E-state index in [0.29, 0.717) is 30.5 Å². The first-order valence-electron chi connectivity index (χ1n) is 9.30. The number of methoxy groups -OCH3 is 2. The lowest BCUT2D eigenvalue weighted by Gasteiger charge is -2.31. The highest BCUT2D eigenvalue weighted by molar-refractivity contribution is 7.89. The standard InChI is InChI=1S/C21H27NO4S/c1-25-20-11-10-19(16-21(20)26-2)27(23,24)22-14-12-18(13-15-22)9-8-17-6-4-3-5-7-17/h3-7,10-11,16,18H,8-9,12-15H2,1-2H3. The number of ether oxygens (including phenoxy) is 2. The molecule has 0 unspecified atom stereocenters. The maximum absolute atomic E-state index is 13.0. The topological polar surface area (TPSA) is 55.8 Å². The van der Waals surface area contributed by atoms with Crippen LogP contribution in [0.2, 0.25) is 0 Å². The van der Waals surface area contributed by atoms with Gasteiger partial charge in [-0.1, -0.05) is 30.3 Å². The first kappa shape index (κ1) is 19.7. The molecule has 0 aliphatic carbocycles. The molecular formula is C21H27NO4S. The van der Waals surface area contributed by atoms with Crippen LogP contribution >= 0.6 is 0 Å². The number of piperidine rings is 1. The van der Waals surface area contributed by atoms with Crippen LogP contribution in [0.3, 0.4) is 0 Å². The van der Waals surface area contributed by atoms with Crippen molar-refractivity contribution in [1.29, 1.82) is 0 Å². The van der Waals surface area contributed by atoms with Gasteiger partial charge in [-0.15, -0.1) is 0 Å². The van der Waals surface area contributed by atoms with Crippen LogP contribution in [0, 0.1) is 5.92 Å². The predicted molar refractivity (Wildman–Crippen MR) is 106 cm³/mol. The summed E-state index contributed by atoms with van der Waals surface area (Å²) in [6.45, 7) is 1.13. The average molecular weight is 390 g/mol. The molecule has 0 N–H and O–H groups in total. The van der Waals surface area contributed by atoms with Crippen LogP contribution in [0.1, 0.15) is 24.8 Å². The third kappa shape index (κ3) is 4.62. The van der Waals surface area contributed by atoms with Gasteiger partial charge in [0.1, 0.15) is 0 Å². The molecule has 0 spiro atoms. The SMILES string of the molecule is COc1ccc(S(=O)(=O)N2CCC(CCc3ccccc3)CC2)cc1OC. The first-order valence-corrected chi connectivity index (χ1v) is 10.7. The van der Waals surface area contributed by atoms with Gasteiger partial charge in [0.05, 0.1) is 19.1 Å². The molecule has 1 aliphatic rings. The van der Waals surface area contributed by atoms with Gasteiger partial charge in [-0.2, -0.15) is 4.31 Å². The van der Waals surface area contributed by atoms with Crippen molar-refractivity contribution in [2.24, 2.45) is 5.92 Å². The molecule has 0 radical (unpaired) electrons. The van der Waals surface area contributed by atoms with Gasteiger partial charge in [-0.05, 0) is 49.3 Å². The fourth-order valence-corrected chi connectivity index (χ4v) is 5.07. The van der Waals surface area contributed by atoms with Crippen molar-refractivity contribution in [1.82, 2.24) is 4.31 Å². The van der Waals surface area contributed by atoms with Crippen molar-refractivity contribution in [3.63, 3.8) is 0 Å². The minimum Gasteiger partial charge on any atom is -0.493 e. The Hall–Kier alpha value is -2.05. The minimum atomic E-state index is -3.51. The van der Waals surface area contributed by atoms with E-state index in [9.17, 15) is 8.42 Å². The molecule has 3 rings (SSSR count). The summed E-state index contributed by atoms with van der Waals surface area (Å²) in [7, 11) is -0.472. The molecule has 0 amide bonds. The van der Waals surface area contributed by atoms with Gasteiger partial charge in [-0.3, -0.25) is 0 Å². The zero-order valence-corrected chi connectivity index (χ0v) is 16.7. The Kier molecular flexibility index (Phi) is 6.39. The fraction of sp³-hybridized carbons (Fsp3) is 0.429. The summed E-state index contributed by atoms with van der Waals surface area (Å²) in [5, 5.41) is 0. The minimum absolute atomic E-state index is 0.253. The van der Waals surface area contributed by atoms with Gasteiger partial charge in [0, 0.05) is 19.2 Å². The van der Waals surface area contributed by atoms with E-state index in [2.05, 4.69) is 24.3 Å². The first-order chi connectivity index (χ1) is 13.0. The van der Waals surface area contributed by atoms with E-state index in [0.717, 1.165) is 25.7 Å². The molecule has 0 aromatic heterocycles. The molecular weight excluding hydrogens is 362 g/mol. The Bertz CT molecular complexity index is 844. The van der Waals surface area contributed by atoms with Crippen LogP contribution in [-0.2, 0) is 16.4 Å². The summed E-state index contributed by atoms with van der Waals surface area (Å²) < 4.78 is 38.0. The normalized spacial score (nSPS) is 16.2. The van der Waals surface area contributed by atoms with Gasteiger partial charge < -0.3 is 9.47 Å². The molecule has 2 aromatic carbocycles. The van der Waals surface area contributed by atoms with Crippen molar-refractivity contribution < 1.29 is 17.9 Å². The van der Waals surface area contributed by atoms with Crippen LogP contribution in [-0.4, -0.2) is 40.0 Å². The van der Waals surface area contributed by atoms with E-state index in [1.807, 2.05) is 6.07 Å². The lowest BCUT2D eigenvalue weighted by molar-refractivity contribution is 0.263. The number of hydrogen-bond donors (Lipinski definition) is 0. The quantitative estimate of drug-likeness (QED) is 0.724. The smallest absolute Gasteiger partial charge is 0.243 e. The Labute approximate surface area is 162 Å². The molecule has 2 aromatic rings. The van der Waals surface area contributed by atoms with Crippen LogP contribution in [0.25, 0.3) is 0 Å². The van der Waals surface area contributed by atoms with Gasteiger partial charge in [0.15, 0.2) is 11.5 Å². The third-order valence-electron chi connectivity index (χ3n) is 5.25. The van der Waals surface area contributed by atoms with E-state index in [1.54, 1.807) is 16.4 Å². The number of rotatable bonds is 7. The maximum atomic E-state index is 13.0. The summed E-state index contributed by atoms with van der Waals surface area (Å²) in [5.41, 5.74) is 1.35. The Morgan fingerprint density at radius 3 is 2.26 bits per heavy atom. The molecule has 27 heavy (non-hydrogen) atoms. The van der Waals surface area contributed by atoms with Crippen LogP contribution in [0.15, 0.2) is 53.4 Å². The van der Waals surface area contributed by atoms with E-state index in [1.165, 1.54) is 25.8 Å². The van der Waals surface area contributed by atoms with E-state index in [4.69, 9.17) is 9.47 Å². The second kappa shape index (κ2) is 8.76. The van der Waals surface area contributed by atoms with Crippen molar-refractivity contribution >= 4 is 10.0 Å². The molecule has 146 valence electrons. The van der Waals surface area contributed by atoms with Gasteiger partial charge in [0.2, 0.25) is 10.0 Å². The highest BCUT2D eigenvalue weighted by atomic mass is 32.2. The fourth-order valence-electron chi connectivity index (χ4n) is 3.58. The summed E-state index contributed by atoms with van der Waals surface area (Å²) in [4.78, 5) is 0.253. The van der Waals surface area contributed by atoms with Gasteiger partial charge >= 0.3 is 0 Å². The maximum Gasteiger partial charge on any atom is 0.243 e. The molecule has 5 nitrogen and oxygen atoms in total. The molecule has 1 saturated heterocycles. The van der Waals surface area contributed by atoms with E-state index in [-0.39, 0.29) is 4.90 Å². The number of hydrogen-bond acceptors (Lipinski definition) is 4. The zero-order valence-electron chi connectivity index (χ0n) is 15.9. The molecule has 6 heteroatoms. The summed E-state index contributed by atoms with van der Waals surface area (Å²) in [6, 6.07) is 15.2. The average Bonchev–Trinajstić information content (AvgIpc) is 2.72. The predicted octanol–water partition coefficient (Wildman–Crippen LogP) is 3.74. The second-order valence-electron chi connectivity index (χ2n) is 6.89. The van der Waals surface area contributed by atoms with Crippen LogP contribution < -0.4 is 9.47 Å². The number of sulfonamides is 1. The second-order valence-corrected chi connectivity index (χ2v) is 8.83. The molecule has 0 bridgehead atoms. The van der Waals surface area contributed by atoms with Crippen molar-refractivity contribution in [3.8, 4) is 11.5 Å².